The van der Waals surface area contributed by atoms with Gasteiger partial charge in [-0.3, -0.25) is 4.79 Å². The number of rotatable bonds is 3. The van der Waals surface area contributed by atoms with Crippen molar-refractivity contribution in [3.63, 3.8) is 0 Å². The number of para-hydroxylation sites is 1. The average Bonchev–Trinajstić information content (AvgIpc) is 2.03. The van der Waals surface area contributed by atoms with E-state index in [1.54, 1.807) is 0 Å². The first-order valence-electron chi connectivity index (χ1n) is 3.47. The molecule has 1 rings (SSSR count). The highest BCUT2D eigenvalue weighted by atomic mass is 79.9. The summed E-state index contributed by atoms with van der Waals surface area (Å²) in [6.07, 6.45) is 0. The van der Waals surface area contributed by atoms with E-state index in [4.69, 9.17) is 5.73 Å². The summed E-state index contributed by atoms with van der Waals surface area (Å²) in [6, 6.07) is 7.55. The molecule has 0 heterocycles. The molecule has 1 amide bonds. The zero-order valence-electron chi connectivity index (χ0n) is 6.38. The van der Waals surface area contributed by atoms with Crippen LogP contribution in [0.3, 0.4) is 0 Å². The van der Waals surface area contributed by atoms with E-state index in [1.807, 2.05) is 24.3 Å². The normalized spacial score (nSPS) is 9.42. The van der Waals surface area contributed by atoms with Gasteiger partial charge in [-0.15, -0.1) is 0 Å². The maximum absolute atomic E-state index is 10.4. The molecule has 0 spiro atoms. The first kappa shape index (κ1) is 9.06. The Morgan fingerprint density at radius 2 is 2.17 bits per heavy atom. The standard InChI is InChI=1S/C8H9BrN2O/c9-6-3-1-2-4-7(6)11-5-8(10)12/h1-4,11H,5H2,(H2,10,12). The summed E-state index contributed by atoms with van der Waals surface area (Å²) in [7, 11) is 0. The van der Waals surface area contributed by atoms with Gasteiger partial charge in [0.15, 0.2) is 0 Å². The second kappa shape index (κ2) is 4.11. The highest BCUT2D eigenvalue weighted by Crippen LogP contribution is 2.20. The molecule has 0 fully saturated rings. The van der Waals surface area contributed by atoms with Crippen molar-refractivity contribution >= 4 is 27.5 Å². The van der Waals surface area contributed by atoms with Crippen molar-refractivity contribution in [3.8, 4) is 0 Å². The number of nitrogens with two attached hydrogens (primary N) is 1. The molecule has 0 radical (unpaired) electrons. The van der Waals surface area contributed by atoms with Crippen molar-refractivity contribution in [2.75, 3.05) is 11.9 Å². The Bertz CT molecular complexity index is 288. The van der Waals surface area contributed by atoms with Crippen LogP contribution < -0.4 is 11.1 Å². The third kappa shape index (κ3) is 2.54. The minimum Gasteiger partial charge on any atom is -0.375 e. The fourth-order valence-electron chi connectivity index (χ4n) is 0.787. The monoisotopic (exact) mass is 228 g/mol. The van der Waals surface area contributed by atoms with Crippen LogP contribution in [0.2, 0.25) is 0 Å². The van der Waals surface area contributed by atoms with E-state index in [9.17, 15) is 4.79 Å². The minimum atomic E-state index is -0.370. The van der Waals surface area contributed by atoms with E-state index in [-0.39, 0.29) is 12.5 Å². The summed E-state index contributed by atoms with van der Waals surface area (Å²) in [5.41, 5.74) is 5.85. The van der Waals surface area contributed by atoms with Crippen molar-refractivity contribution in [1.29, 1.82) is 0 Å². The van der Waals surface area contributed by atoms with Gasteiger partial charge >= 0.3 is 0 Å². The molecule has 64 valence electrons. The Labute approximate surface area is 79.1 Å². The number of amides is 1. The number of carbonyl (C=O) groups excluding carboxylic acids is 1. The smallest absolute Gasteiger partial charge is 0.236 e. The number of anilines is 1. The van der Waals surface area contributed by atoms with Crippen LogP contribution in [0.5, 0.6) is 0 Å². The molecule has 0 aliphatic heterocycles. The van der Waals surface area contributed by atoms with Crippen LogP contribution in [0.25, 0.3) is 0 Å². The second-order valence-electron chi connectivity index (χ2n) is 2.30. The van der Waals surface area contributed by atoms with Crippen molar-refractivity contribution < 1.29 is 4.79 Å². The number of nitrogens with one attached hydrogen (secondary N) is 1. The van der Waals surface area contributed by atoms with Crippen LogP contribution >= 0.6 is 15.9 Å². The Hall–Kier alpha value is -1.03. The Balaban J connectivity index is 2.63. The zero-order chi connectivity index (χ0) is 8.97. The molecular formula is C8H9BrN2O. The van der Waals surface area contributed by atoms with Crippen LogP contribution in [0.1, 0.15) is 0 Å². The van der Waals surface area contributed by atoms with Crippen molar-refractivity contribution in [1.82, 2.24) is 0 Å². The third-order valence-corrected chi connectivity index (χ3v) is 2.02. The molecule has 1 aromatic carbocycles. The number of benzene rings is 1. The van der Waals surface area contributed by atoms with Gasteiger partial charge in [-0.1, -0.05) is 12.1 Å². The Morgan fingerprint density at radius 3 is 2.75 bits per heavy atom. The highest BCUT2D eigenvalue weighted by molar-refractivity contribution is 9.10. The van der Waals surface area contributed by atoms with Gasteiger partial charge in [0.1, 0.15) is 0 Å². The van der Waals surface area contributed by atoms with E-state index in [1.165, 1.54) is 0 Å². The minimum absolute atomic E-state index is 0.155. The number of hydrogen-bond donors (Lipinski definition) is 2. The quantitative estimate of drug-likeness (QED) is 0.821. The fraction of sp³-hybridized carbons (Fsp3) is 0.125. The van der Waals surface area contributed by atoms with E-state index in [0.29, 0.717) is 0 Å². The van der Waals surface area contributed by atoms with Crippen LogP contribution in [0.4, 0.5) is 5.69 Å². The van der Waals surface area contributed by atoms with Crippen LogP contribution in [-0.2, 0) is 4.79 Å². The lowest BCUT2D eigenvalue weighted by atomic mass is 10.3. The van der Waals surface area contributed by atoms with E-state index in [2.05, 4.69) is 21.2 Å². The number of carbonyl (C=O) groups is 1. The zero-order valence-corrected chi connectivity index (χ0v) is 7.97. The van der Waals surface area contributed by atoms with Gasteiger partial charge in [0.25, 0.3) is 0 Å². The molecule has 3 N–H and O–H groups in total. The van der Waals surface area contributed by atoms with Gasteiger partial charge in [0.2, 0.25) is 5.91 Å². The molecule has 1 aromatic rings. The third-order valence-electron chi connectivity index (χ3n) is 1.33. The lowest BCUT2D eigenvalue weighted by molar-refractivity contribution is -0.116. The molecule has 0 aliphatic rings. The predicted molar refractivity (Wildman–Crippen MR) is 51.8 cm³/mol. The summed E-state index contributed by atoms with van der Waals surface area (Å²) in [4.78, 5) is 10.4. The Kier molecular flexibility index (Phi) is 3.10. The van der Waals surface area contributed by atoms with Gasteiger partial charge in [-0.05, 0) is 28.1 Å². The number of primary amides is 1. The summed E-state index contributed by atoms with van der Waals surface area (Å²) < 4.78 is 0.922. The molecule has 0 saturated heterocycles. The molecule has 3 nitrogen and oxygen atoms in total. The van der Waals surface area contributed by atoms with E-state index >= 15 is 0 Å². The lowest BCUT2D eigenvalue weighted by Gasteiger charge is -2.04. The van der Waals surface area contributed by atoms with Crippen molar-refractivity contribution in [2.45, 2.75) is 0 Å². The van der Waals surface area contributed by atoms with Gasteiger partial charge in [0, 0.05) is 10.2 Å². The summed E-state index contributed by atoms with van der Waals surface area (Å²) >= 11 is 3.33. The highest BCUT2D eigenvalue weighted by Gasteiger charge is 1.97. The second-order valence-corrected chi connectivity index (χ2v) is 3.15. The van der Waals surface area contributed by atoms with Gasteiger partial charge < -0.3 is 11.1 Å². The average molecular weight is 229 g/mol. The number of hydrogen-bond acceptors (Lipinski definition) is 2. The molecule has 0 saturated carbocycles. The van der Waals surface area contributed by atoms with Crippen LogP contribution in [0, 0.1) is 0 Å². The molecule has 4 heteroatoms. The number of halogens is 1. The molecule has 12 heavy (non-hydrogen) atoms. The molecule has 0 aliphatic carbocycles. The summed E-state index contributed by atoms with van der Waals surface area (Å²) in [6.45, 7) is 0.155. The topological polar surface area (TPSA) is 55.1 Å². The van der Waals surface area contributed by atoms with Crippen LogP contribution in [0.15, 0.2) is 28.7 Å². The SMILES string of the molecule is NC(=O)CNc1ccccc1Br. The summed E-state index contributed by atoms with van der Waals surface area (Å²) in [5, 5.41) is 2.89. The summed E-state index contributed by atoms with van der Waals surface area (Å²) in [5.74, 6) is -0.370. The first-order chi connectivity index (χ1) is 5.70. The molecular weight excluding hydrogens is 220 g/mol. The molecule has 0 unspecified atom stereocenters. The van der Waals surface area contributed by atoms with Gasteiger partial charge in [-0.25, -0.2) is 0 Å². The maximum Gasteiger partial charge on any atom is 0.236 e. The van der Waals surface area contributed by atoms with Crippen LogP contribution in [-0.4, -0.2) is 12.5 Å². The first-order valence-corrected chi connectivity index (χ1v) is 4.26. The molecule has 0 aromatic heterocycles. The van der Waals surface area contributed by atoms with Gasteiger partial charge in [-0.2, -0.15) is 0 Å². The lowest BCUT2D eigenvalue weighted by Crippen LogP contribution is -2.21. The molecule has 0 bridgehead atoms. The maximum atomic E-state index is 10.4. The predicted octanol–water partition coefficient (Wildman–Crippen LogP) is 1.35. The van der Waals surface area contributed by atoms with Gasteiger partial charge in [0.05, 0.1) is 6.54 Å². The fourth-order valence-corrected chi connectivity index (χ4v) is 1.21. The Morgan fingerprint density at radius 1 is 1.50 bits per heavy atom. The van der Waals surface area contributed by atoms with Crippen molar-refractivity contribution in [3.05, 3.63) is 28.7 Å². The largest absolute Gasteiger partial charge is 0.375 e. The van der Waals surface area contributed by atoms with E-state index in [0.717, 1.165) is 10.2 Å². The molecule has 0 atom stereocenters. The van der Waals surface area contributed by atoms with Crippen molar-refractivity contribution in [2.24, 2.45) is 5.73 Å². The van der Waals surface area contributed by atoms with E-state index < -0.39 is 0 Å².